The molecule has 1 aliphatic heterocycles. The van der Waals surface area contributed by atoms with Crippen molar-refractivity contribution in [3.8, 4) is 0 Å². The summed E-state index contributed by atoms with van der Waals surface area (Å²) in [5.41, 5.74) is 0. The van der Waals surface area contributed by atoms with Crippen LogP contribution in [0.4, 0.5) is 0 Å². The number of aliphatic hydroxyl groups excluding tert-OH is 2. The van der Waals surface area contributed by atoms with Gasteiger partial charge >= 0.3 is 5.97 Å². The first kappa shape index (κ1) is 19.2. The first-order chi connectivity index (χ1) is 9.76. The van der Waals surface area contributed by atoms with Crippen LogP contribution in [0.5, 0.6) is 0 Å². The van der Waals surface area contributed by atoms with Gasteiger partial charge in [0.05, 0.1) is 25.7 Å². The Morgan fingerprint density at radius 3 is 2.40 bits per heavy atom. The van der Waals surface area contributed by atoms with Crippen LogP contribution in [-0.4, -0.2) is 73.2 Å². The molecular weight excluding hydrogens is 266 g/mol. The zero-order chi connectivity index (χ0) is 15.2. The maximum Gasteiger partial charge on any atom is 0.307 e. The number of rotatable bonds is 9. The Morgan fingerprint density at radius 2 is 1.90 bits per heavy atom. The minimum atomic E-state index is -0.258. The average molecular weight is 293 g/mol. The molecule has 0 amide bonds. The van der Waals surface area contributed by atoms with Gasteiger partial charge in [-0.1, -0.05) is 0 Å². The van der Waals surface area contributed by atoms with Gasteiger partial charge < -0.3 is 19.7 Å². The lowest BCUT2D eigenvalue weighted by molar-refractivity contribution is -0.147. The highest BCUT2D eigenvalue weighted by atomic mass is 16.6. The number of esters is 1. The van der Waals surface area contributed by atoms with E-state index >= 15 is 0 Å². The van der Waals surface area contributed by atoms with Crippen LogP contribution in [0.1, 0.15) is 19.3 Å². The minimum absolute atomic E-state index is 0.0188. The van der Waals surface area contributed by atoms with Gasteiger partial charge in [0.25, 0.3) is 0 Å². The number of ether oxygens (including phenoxy) is 2. The third-order valence-electron chi connectivity index (χ3n) is 2.92. The first-order valence-electron chi connectivity index (χ1n) is 6.81. The lowest BCUT2D eigenvalue weighted by Crippen LogP contribution is -2.32. The Balaban J connectivity index is 0.00000172. The van der Waals surface area contributed by atoms with Crippen molar-refractivity contribution in [3.63, 3.8) is 0 Å². The van der Waals surface area contributed by atoms with Gasteiger partial charge in [0.2, 0.25) is 0 Å². The SMILES string of the molecule is NN.O=C(CCN(CCO)CCO)OCC1CCCO1. The van der Waals surface area contributed by atoms with Gasteiger partial charge in [-0.25, -0.2) is 0 Å². The standard InChI is InChI=1S/C12H23NO5.H4N2/c14-7-5-13(6-8-15)4-3-12(16)18-10-11-2-1-9-17-11;1-2/h11,14-15H,1-10H2;1-2H2. The van der Waals surface area contributed by atoms with Crippen LogP contribution in [0.15, 0.2) is 0 Å². The molecule has 0 aliphatic carbocycles. The summed E-state index contributed by atoms with van der Waals surface area (Å²) in [4.78, 5) is 13.3. The Morgan fingerprint density at radius 1 is 1.25 bits per heavy atom. The second-order valence-electron chi connectivity index (χ2n) is 4.36. The fourth-order valence-corrected chi connectivity index (χ4v) is 1.90. The zero-order valence-corrected chi connectivity index (χ0v) is 11.9. The normalized spacial score (nSPS) is 17.8. The van der Waals surface area contributed by atoms with Crippen molar-refractivity contribution in [2.75, 3.05) is 46.1 Å². The van der Waals surface area contributed by atoms with E-state index in [1.165, 1.54) is 0 Å². The summed E-state index contributed by atoms with van der Waals surface area (Å²) in [7, 11) is 0. The molecule has 8 heteroatoms. The summed E-state index contributed by atoms with van der Waals surface area (Å²) in [6, 6.07) is 0. The van der Waals surface area contributed by atoms with Crippen molar-refractivity contribution in [3.05, 3.63) is 0 Å². The summed E-state index contributed by atoms with van der Waals surface area (Å²) in [5.74, 6) is 7.74. The Bertz CT molecular complexity index is 231. The Labute approximate surface area is 119 Å². The highest BCUT2D eigenvalue weighted by Gasteiger charge is 2.17. The zero-order valence-electron chi connectivity index (χ0n) is 11.9. The van der Waals surface area contributed by atoms with Crippen LogP contribution in [0.25, 0.3) is 0 Å². The predicted octanol–water partition coefficient (Wildman–Crippen LogP) is -1.80. The molecule has 0 spiro atoms. The van der Waals surface area contributed by atoms with Gasteiger partial charge in [0.1, 0.15) is 6.61 Å². The lowest BCUT2D eigenvalue weighted by Gasteiger charge is -2.19. The van der Waals surface area contributed by atoms with E-state index in [-0.39, 0.29) is 31.7 Å². The van der Waals surface area contributed by atoms with Crippen molar-refractivity contribution >= 4 is 5.97 Å². The van der Waals surface area contributed by atoms with Gasteiger partial charge in [-0.2, -0.15) is 0 Å². The minimum Gasteiger partial charge on any atom is -0.463 e. The molecule has 1 fully saturated rings. The van der Waals surface area contributed by atoms with E-state index in [1.54, 1.807) is 0 Å². The van der Waals surface area contributed by atoms with E-state index in [9.17, 15) is 4.79 Å². The van der Waals surface area contributed by atoms with E-state index in [1.807, 2.05) is 4.90 Å². The van der Waals surface area contributed by atoms with Crippen LogP contribution >= 0.6 is 0 Å². The van der Waals surface area contributed by atoms with E-state index in [0.29, 0.717) is 26.2 Å². The molecule has 0 bridgehead atoms. The van der Waals surface area contributed by atoms with E-state index in [4.69, 9.17) is 19.7 Å². The van der Waals surface area contributed by atoms with Gasteiger partial charge in [0.15, 0.2) is 0 Å². The van der Waals surface area contributed by atoms with Crippen molar-refractivity contribution in [2.45, 2.75) is 25.4 Å². The number of carbonyl (C=O) groups excluding carboxylic acids is 1. The molecule has 120 valence electrons. The summed E-state index contributed by atoms with van der Waals surface area (Å²) in [6.07, 6.45) is 2.31. The number of nitrogens with two attached hydrogens (primary N) is 2. The van der Waals surface area contributed by atoms with Gasteiger partial charge in [-0.05, 0) is 12.8 Å². The Kier molecular flexibility index (Phi) is 12.7. The number of aliphatic hydroxyl groups is 2. The number of hydrogen-bond acceptors (Lipinski definition) is 8. The molecular formula is C12H27N3O5. The van der Waals surface area contributed by atoms with E-state index in [2.05, 4.69) is 11.7 Å². The molecule has 1 unspecified atom stereocenters. The van der Waals surface area contributed by atoms with Gasteiger partial charge in [-0.15, -0.1) is 0 Å². The predicted molar refractivity (Wildman–Crippen MR) is 73.5 cm³/mol. The molecule has 1 atom stereocenters. The molecule has 0 aromatic heterocycles. The number of hydrogen-bond donors (Lipinski definition) is 4. The highest BCUT2D eigenvalue weighted by Crippen LogP contribution is 2.12. The smallest absolute Gasteiger partial charge is 0.307 e. The lowest BCUT2D eigenvalue weighted by atomic mass is 10.2. The Hall–Kier alpha value is -0.770. The fourth-order valence-electron chi connectivity index (χ4n) is 1.90. The molecule has 20 heavy (non-hydrogen) atoms. The third-order valence-corrected chi connectivity index (χ3v) is 2.92. The number of nitrogens with zero attached hydrogens (tertiary/aromatic N) is 1. The molecule has 6 N–H and O–H groups in total. The molecule has 1 aliphatic rings. The van der Waals surface area contributed by atoms with Crippen LogP contribution in [0, 0.1) is 0 Å². The maximum absolute atomic E-state index is 11.5. The average Bonchev–Trinajstić information content (AvgIpc) is 2.98. The van der Waals surface area contributed by atoms with Crippen molar-refractivity contribution in [1.29, 1.82) is 0 Å². The maximum atomic E-state index is 11.5. The van der Waals surface area contributed by atoms with Gasteiger partial charge in [-0.3, -0.25) is 21.4 Å². The van der Waals surface area contributed by atoms with Crippen molar-refractivity contribution in [2.24, 2.45) is 11.7 Å². The number of hydrazine groups is 1. The highest BCUT2D eigenvalue weighted by molar-refractivity contribution is 5.69. The molecule has 1 heterocycles. The molecule has 0 radical (unpaired) electrons. The topological polar surface area (TPSA) is 131 Å². The molecule has 1 rings (SSSR count). The van der Waals surface area contributed by atoms with E-state index in [0.717, 1.165) is 19.4 Å². The van der Waals surface area contributed by atoms with E-state index < -0.39 is 0 Å². The second-order valence-corrected chi connectivity index (χ2v) is 4.36. The number of carbonyl (C=O) groups is 1. The quantitative estimate of drug-likeness (QED) is 0.222. The van der Waals surface area contributed by atoms with Crippen LogP contribution in [0.2, 0.25) is 0 Å². The largest absolute Gasteiger partial charge is 0.463 e. The summed E-state index contributed by atoms with van der Waals surface area (Å²) in [6.45, 7) is 2.53. The first-order valence-corrected chi connectivity index (χ1v) is 6.81. The molecule has 0 aromatic rings. The summed E-state index contributed by atoms with van der Waals surface area (Å²) >= 11 is 0. The van der Waals surface area contributed by atoms with Crippen molar-refractivity contribution in [1.82, 2.24) is 4.90 Å². The molecule has 0 aromatic carbocycles. The fraction of sp³-hybridized carbons (Fsp3) is 0.917. The third kappa shape index (κ3) is 9.18. The van der Waals surface area contributed by atoms with Gasteiger partial charge in [0, 0.05) is 26.2 Å². The molecule has 0 saturated carbocycles. The van der Waals surface area contributed by atoms with Crippen LogP contribution < -0.4 is 11.7 Å². The molecule has 1 saturated heterocycles. The van der Waals surface area contributed by atoms with Crippen LogP contribution in [-0.2, 0) is 14.3 Å². The monoisotopic (exact) mass is 293 g/mol. The summed E-state index contributed by atoms with van der Waals surface area (Å²) < 4.78 is 10.5. The summed E-state index contributed by atoms with van der Waals surface area (Å²) in [5, 5.41) is 17.6. The van der Waals surface area contributed by atoms with Crippen molar-refractivity contribution < 1.29 is 24.5 Å². The molecule has 8 nitrogen and oxygen atoms in total. The van der Waals surface area contributed by atoms with Crippen LogP contribution in [0.3, 0.4) is 0 Å². The second kappa shape index (κ2) is 13.2.